The highest BCUT2D eigenvalue weighted by Crippen LogP contribution is 2.23. The van der Waals surface area contributed by atoms with Crippen LogP contribution in [0.25, 0.3) is 0 Å². The fourth-order valence-electron chi connectivity index (χ4n) is 1.70. The van der Waals surface area contributed by atoms with Crippen LogP contribution in [0.15, 0.2) is 23.8 Å². The van der Waals surface area contributed by atoms with Gasteiger partial charge in [0.15, 0.2) is 0 Å². The van der Waals surface area contributed by atoms with Crippen molar-refractivity contribution in [1.29, 1.82) is 0 Å². The summed E-state index contributed by atoms with van der Waals surface area (Å²) >= 11 is 0. The lowest BCUT2D eigenvalue weighted by Crippen LogP contribution is -2.01. The van der Waals surface area contributed by atoms with Crippen molar-refractivity contribution in [1.82, 2.24) is 0 Å². The van der Waals surface area contributed by atoms with Gasteiger partial charge in [0.2, 0.25) is 0 Å². The van der Waals surface area contributed by atoms with E-state index < -0.39 is 0 Å². The van der Waals surface area contributed by atoms with E-state index in [9.17, 15) is 0 Å². The van der Waals surface area contributed by atoms with Gasteiger partial charge in [0.25, 0.3) is 0 Å². The molecule has 1 unspecified atom stereocenters. The predicted octanol–water partition coefficient (Wildman–Crippen LogP) is 5.12. The Morgan fingerprint density at radius 1 is 1.29 bits per heavy atom. The molecule has 14 heavy (non-hydrogen) atoms. The summed E-state index contributed by atoms with van der Waals surface area (Å²) in [4.78, 5) is 0. The van der Waals surface area contributed by atoms with Crippen LogP contribution in [0.3, 0.4) is 0 Å². The first-order valence-electron chi connectivity index (χ1n) is 5.98. The van der Waals surface area contributed by atoms with Gasteiger partial charge in [-0.05, 0) is 38.5 Å². The van der Waals surface area contributed by atoms with Crippen molar-refractivity contribution in [3.8, 4) is 0 Å². The highest BCUT2D eigenvalue weighted by molar-refractivity contribution is 5.08. The highest BCUT2D eigenvalue weighted by Gasteiger charge is 2.08. The molecule has 0 amide bonds. The first-order valence-corrected chi connectivity index (χ1v) is 5.98. The molecule has 0 fully saturated rings. The summed E-state index contributed by atoms with van der Waals surface area (Å²) < 4.78 is 0. The van der Waals surface area contributed by atoms with E-state index in [0.29, 0.717) is 5.92 Å². The van der Waals surface area contributed by atoms with E-state index in [-0.39, 0.29) is 0 Å². The van der Waals surface area contributed by atoms with E-state index in [1.165, 1.54) is 37.7 Å². The second-order valence-electron chi connectivity index (χ2n) is 4.16. The fourth-order valence-corrected chi connectivity index (χ4v) is 1.70. The molecule has 0 nitrogen and oxygen atoms in total. The van der Waals surface area contributed by atoms with Gasteiger partial charge < -0.3 is 0 Å². The maximum atomic E-state index is 4.07. The Hall–Kier alpha value is -0.520. The maximum absolute atomic E-state index is 4.07. The largest absolute Gasteiger partial charge is 0.0998 e. The van der Waals surface area contributed by atoms with E-state index in [4.69, 9.17) is 0 Å². The molecule has 0 heteroatoms. The van der Waals surface area contributed by atoms with Crippen LogP contribution in [0.4, 0.5) is 0 Å². The van der Waals surface area contributed by atoms with Gasteiger partial charge in [-0.2, -0.15) is 0 Å². The van der Waals surface area contributed by atoms with Crippen molar-refractivity contribution >= 4 is 0 Å². The van der Waals surface area contributed by atoms with Crippen LogP contribution >= 0.6 is 0 Å². The van der Waals surface area contributed by atoms with E-state index in [1.54, 1.807) is 5.57 Å². The minimum Gasteiger partial charge on any atom is -0.0998 e. The minimum absolute atomic E-state index is 0.693. The molecule has 0 aliphatic heterocycles. The summed E-state index contributed by atoms with van der Waals surface area (Å²) in [5, 5.41) is 0. The zero-order valence-corrected chi connectivity index (χ0v) is 10.4. The van der Waals surface area contributed by atoms with Crippen molar-refractivity contribution < 1.29 is 0 Å². The third-order valence-corrected chi connectivity index (χ3v) is 2.87. The summed E-state index contributed by atoms with van der Waals surface area (Å²) in [6, 6.07) is 0. The highest BCUT2D eigenvalue weighted by atomic mass is 14.1. The van der Waals surface area contributed by atoms with Gasteiger partial charge in [-0.3, -0.25) is 0 Å². The van der Waals surface area contributed by atoms with Gasteiger partial charge in [0, 0.05) is 0 Å². The van der Waals surface area contributed by atoms with E-state index in [2.05, 4.69) is 40.3 Å². The normalized spacial score (nSPS) is 14.1. The second-order valence-corrected chi connectivity index (χ2v) is 4.16. The second kappa shape index (κ2) is 7.84. The summed E-state index contributed by atoms with van der Waals surface area (Å²) in [7, 11) is 0. The predicted molar refractivity (Wildman–Crippen MR) is 66.5 cm³/mol. The van der Waals surface area contributed by atoms with Gasteiger partial charge in [0.1, 0.15) is 0 Å². The van der Waals surface area contributed by atoms with Crippen molar-refractivity contribution in [2.45, 2.75) is 59.8 Å². The molecule has 82 valence electrons. The van der Waals surface area contributed by atoms with Crippen LogP contribution < -0.4 is 0 Å². The summed E-state index contributed by atoms with van der Waals surface area (Å²) in [5.41, 5.74) is 2.95. The van der Waals surface area contributed by atoms with Crippen LogP contribution in [-0.2, 0) is 0 Å². The topological polar surface area (TPSA) is 0 Å². The van der Waals surface area contributed by atoms with E-state index in [1.807, 2.05) is 0 Å². The number of allylic oxidation sites excluding steroid dienone is 3. The average Bonchev–Trinajstić information content (AvgIpc) is 2.18. The van der Waals surface area contributed by atoms with Crippen LogP contribution in [0, 0.1) is 5.92 Å². The Morgan fingerprint density at radius 3 is 2.29 bits per heavy atom. The van der Waals surface area contributed by atoms with Crippen molar-refractivity contribution in [2.75, 3.05) is 0 Å². The molecule has 0 rings (SSSR count). The van der Waals surface area contributed by atoms with Gasteiger partial charge in [0.05, 0.1) is 0 Å². The Morgan fingerprint density at radius 2 is 1.93 bits per heavy atom. The molecule has 0 radical (unpaired) electrons. The summed E-state index contributed by atoms with van der Waals surface area (Å²) in [6.07, 6.45) is 8.56. The van der Waals surface area contributed by atoms with Crippen LogP contribution in [0.5, 0.6) is 0 Å². The zero-order chi connectivity index (χ0) is 11.0. The molecule has 0 aliphatic rings. The van der Waals surface area contributed by atoms with E-state index >= 15 is 0 Å². The molecule has 0 N–H and O–H groups in total. The maximum Gasteiger partial charge on any atom is -0.0174 e. The molecular formula is C14H26. The van der Waals surface area contributed by atoms with Gasteiger partial charge in [-0.25, -0.2) is 0 Å². The molecule has 0 aromatic rings. The van der Waals surface area contributed by atoms with Crippen molar-refractivity contribution in [3.63, 3.8) is 0 Å². The van der Waals surface area contributed by atoms with Crippen molar-refractivity contribution in [3.05, 3.63) is 23.8 Å². The van der Waals surface area contributed by atoms with Gasteiger partial charge in [-0.15, -0.1) is 0 Å². The summed E-state index contributed by atoms with van der Waals surface area (Å²) in [5.74, 6) is 0.693. The Kier molecular flexibility index (Phi) is 7.55. The minimum atomic E-state index is 0.693. The summed E-state index contributed by atoms with van der Waals surface area (Å²) in [6.45, 7) is 13.0. The van der Waals surface area contributed by atoms with Crippen LogP contribution in [0.1, 0.15) is 59.8 Å². The zero-order valence-electron chi connectivity index (χ0n) is 10.4. The Labute approximate surface area is 90.1 Å². The number of hydrogen-bond donors (Lipinski definition) is 0. The Bertz CT molecular complexity index is 186. The average molecular weight is 194 g/mol. The SMILES string of the molecule is C=C(C)C(CC)CC(=CCCC)CC. The first-order chi connectivity index (χ1) is 6.65. The third-order valence-electron chi connectivity index (χ3n) is 2.87. The van der Waals surface area contributed by atoms with Gasteiger partial charge in [-0.1, -0.05) is 51.0 Å². The lowest BCUT2D eigenvalue weighted by atomic mass is 9.90. The molecule has 0 saturated heterocycles. The molecule has 0 spiro atoms. The fraction of sp³-hybridized carbons (Fsp3) is 0.714. The molecule has 0 bridgehead atoms. The molecule has 0 heterocycles. The molecular weight excluding hydrogens is 168 g/mol. The smallest absolute Gasteiger partial charge is 0.0174 e. The molecule has 0 aromatic heterocycles. The lowest BCUT2D eigenvalue weighted by Gasteiger charge is -2.16. The molecule has 1 atom stereocenters. The molecule has 0 saturated carbocycles. The molecule has 0 aromatic carbocycles. The molecule has 0 aliphatic carbocycles. The lowest BCUT2D eigenvalue weighted by molar-refractivity contribution is 0.577. The van der Waals surface area contributed by atoms with Crippen LogP contribution in [0.2, 0.25) is 0 Å². The first kappa shape index (κ1) is 13.5. The number of rotatable bonds is 7. The van der Waals surface area contributed by atoms with Crippen molar-refractivity contribution in [2.24, 2.45) is 5.92 Å². The third kappa shape index (κ3) is 5.26. The quantitative estimate of drug-likeness (QED) is 0.494. The Balaban J connectivity index is 4.20. The van der Waals surface area contributed by atoms with Crippen LogP contribution in [-0.4, -0.2) is 0 Å². The number of hydrogen-bond acceptors (Lipinski definition) is 0. The number of unbranched alkanes of at least 4 members (excludes halogenated alkanes) is 1. The van der Waals surface area contributed by atoms with E-state index in [0.717, 1.165) is 0 Å². The standard InChI is InChI=1S/C14H26/c1-6-9-10-13(7-2)11-14(8-3)12(4)5/h10,14H,4,6-9,11H2,1-3,5H3. The monoisotopic (exact) mass is 194 g/mol. The van der Waals surface area contributed by atoms with Gasteiger partial charge >= 0.3 is 0 Å².